The Kier molecular flexibility index (Phi) is 3.57. The molecule has 0 amide bonds. The first-order valence-electron chi connectivity index (χ1n) is 6.23. The lowest BCUT2D eigenvalue weighted by Gasteiger charge is -2.12. The summed E-state index contributed by atoms with van der Waals surface area (Å²) in [6.07, 6.45) is 1.69. The first-order valence-corrected chi connectivity index (χ1v) is 7.89. The Hall–Kier alpha value is -1.87. The SMILES string of the molecule is Cc1ccc(S(=O)(=O)CC2(CC#N)CC2)cc1C(=O)O. The molecule has 0 aromatic heterocycles. The highest BCUT2D eigenvalue weighted by Crippen LogP contribution is 2.50. The number of nitrogens with zero attached hydrogens (tertiary/aromatic N) is 1. The Labute approximate surface area is 117 Å². The molecule has 1 aliphatic rings. The molecule has 1 N–H and O–H groups in total. The van der Waals surface area contributed by atoms with Gasteiger partial charge in [-0.1, -0.05) is 6.07 Å². The van der Waals surface area contributed by atoms with Gasteiger partial charge in [0.2, 0.25) is 0 Å². The van der Waals surface area contributed by atoms with Gasteiger partial charge in [0.05, 0.1) is 22.3 Å². The summed E-state index contributed by atoms with van der Waals surface area (Å²) in [6, 6.07) is 6.16. The van der Waals surface area contributed by atoms with Gasteiger partial charge in [0.15, 0.2) is 9.84 Å². The molecule has 0 radical (unpaired) electrons. The summed E-state index contributed by atoms with van der Waals surface area (Å²) in [5.41, 5.74) is 0.0906. The standard InChI is InChI=1S/C14H15NO4S/c1-10-2-3-11(8-12(10)13(16)17)20(18,19)9-14(4-5-14)6-7-15/h2-3,8H,4-6,9H2,1H3,(H,16,17). The number of hydrogen-bond acceptors (Lipinski definition) is 4. The van der Waals surface area contributed by atoms with Crippen LogP contribution in [0, 0.1) is 23.7 Å². The lowest BCUT2D eigenvalue weighted by molar-refractivity contribution is 0.0696. The van der Waals surface area contributed by atoms with E-state index in [0.29, 0.717) is 5.56 Å². The molecule has 20 heavy (non-hydrogen) atoms. The molecule has 6 heteroatoms. The molecular weight excluding hydrogens is 278 g/mol. The Bertz CT molecular complexity index is 696. The van der Waals surface area contributed by atoms with E-state index in [1.54, 1.807) is 6.92 Å². The van der Waals surface area contributed by atoms with E-state index < -0.39 is 21.2 Å². The monoisotopic (exact) mass is 293 g/mol. The van der Waals surface area contributed by atoms with Crippen LogP contribution in [0.1, 0.15) is 35.2 Å². The lowest BCUT2D eigenvalue weighted by atomic mass is 10.1. The van der Waals surface area contributed by atoms with E-state index in [4.69, 9.17) is 10.4 Å². The Balaban J connectivity index is 2.33. The van der Waals surface area contributed by atoms with Crippen LogP contribution in [0.4, 0.5) is 0 Å². The first kappa shape index (κ1) is 14.5. The molecule has 1 saturated carbocycles. The number of aromatic carboxylic acids is 1. The molecule has 0 saturated heterocycles. The van der Waals surface area contributed by atoms with Crippen molar-refractivity contribution in [3.8, 4) is 6.07 Å². The first-order chi connectivity index (χ1) is 9.30. The predicted molar refractivity (Wildman–Crippen MR) is 72.1 cm³/mol. The van der Waals surface area contributed by atoms with Gasteiger partial charge in [-0.25, -0.2) is 13.2 Å². The molecule has 0 heterocycles. The highest BCUT2D eigenvalue weighted by Gasteiger charge is 2.46. The Morgan fingerprint density at radius 2 is 2.10 bits per heavy atom. The van der Waals surface area contributed by atoms with Crippen molar-refractivity contribution in [3.63, 3.8) is 0 Å². The average molecular weight is 293 g/mol. The van der Waals surface area contributed by atoms with Crippen LogP contribution in [0.25, 0.3) is 0 Å². The molecule has 2 rings (SSSR count). The second kappa shape index (κ2) is 4.91. The number of sulfone groups is 1. The fourth-order valence-corrected chi connectivity index (χ4v) is 4.16. The van der Waals surface area contributed by atoms with E-state index in [2.05, 4.69) is 0 Å². The van der Waals surface area contributed by atoms with Gasteiger partial charge in [-0.05, 0) is 42.9 Å². The van der Waals surface area contributed by atoms with Crippen LogP contribution >= 0.6 is 0 Å². The molecule has 5 nitrogen and oxygen atoms in total. The number of aryl methyl sites for hydroxylation is 1. The van der Waals surface area contributed by atoms with Crippen LogP contribution in [0.5, 0.6) is 0 Å². The van der Waals surface area contributed by atoms with Crippen LogP contribution in [-0.4, -0.2) is 25.2 Å². The van der Waals surface area contributed by atoms with Gasteiger partial charge in [-0.15, -0.1) is 0 Å². The van der Waals surface area contributed by atoms with Crippen molar-refractivity contribution in [2.24, 2.45) is 5.41 Å². The largest absolute Gasteiger partial charge is 0.478 e. The molecule has 0 unspecified atom stereocenters. The third-order valence-electron chi connectivity index (χ3n) is 3.71. The van der Waals surface area contributed by atoms with Crippen molar-refractivity contribution in [3.05, 3.63) is 29.3 Å². The zero-order valence-corrected chi connectivity index (χ0v) is 11.9. The molecule has 0 spiro atoms. The smallest absolute Gasteiger partial charge is 0.335 e. The maximum absolute atomic E-state index is 12.3. The maximum atomic E-state index is 12.3. The summed E-state index contributed by atoms with van der Waals surface area (Å²) in [4.78, 5) is 11.1. The number of benzene rings is 1. The fraction of sp³-hybridized carbons (Fsp3) is 0.429. The summed E-state index contributed by atoms with van der Waals surface area (Å²) in [7, 11) is -3.56. The molecule has 1 aromatic rings. The summed E-state index contributed by atoms with van der Waals surface area (Å²) in [5, 5.41) is 17.8. The number of carboxylic acids is 1. The Morgan fingerprint density at radius 3 is 2.60 bits per heavy atom. The van der Waals surface area contributed by atoms with E-state index >= 15 is 0 Å². The molecule has 1 fully saturated rings. The van der Waals surface area contributed by atoms with Crippen LogP contribution < -0.4 is 0 Å². The minimum atomic E-state index is -3.56. The van der Waals surface area contributed by atoms with Crippen LogP contribution in [0.3, 0.4) is 0 Å². The van der Waals surface area contributed by atoms with Crippen LogP contribution in [0.15, 0.2) is 23.1 Å². The van der Waals surface area contributed by atoms with Crippen molar-refractivity contribution >= 4 is 15.8 Å². The van der Waals surface area contributed by atoms with Crippen molar-refractivity contribution in [2.75, 3.05) is 5.75 Å². The number of carbonyl (C=O) groups is 1. The lowest BCUT2D eigenvalue weighted by Crippen LogP contribution is -2.18. The molecule has 1 aliphatic carbocycles. The van der Waals surface area contributed by atoms with Gasteiger partial charge in [0.25, 0.3) is 0 Å². The number of carboxylic acid groups (broad SMARTS) is 1. The summed E-state index contributed by atoms with van der Waals surface area (Å²) in [5.74, 6) is -1.23. The highest BCUT2D eigenvalue weighted by atomic mass is 32.2. The summed E-state index contributed by atoms with van der Waals surface area (Å²) >= 11 is 0. The molecule has 0 bridgehead atoms. The third kappa shape index (κ3) is 2.83. The van der Waals surface area contributed by atoms with E-state index in [1.165, 1.54) is 18.2 Å². The normalized spacial score (nSPS) is 16.4. The molecule has 0 aliphatic heterocycles. The van der Waals surface area contributed by atoms with Crippen molar-refractivity contribution in [1.82, 2.24) is 0 Å². The summed E-state index contributed by atoms with van der Waals surface area (Å²) < 4.78 is 24.7. The summed E-state index contributed by atoms with van der Waals surface area (Å²) in [6.45, 7) is 1.62. The third-order valence-corrected chi connectivity index (χ3v) is 5.67. The molecular formula is C14H15NO4S. The highest BCUT2D eigenvalue weighted by molar-refractivity contribution is 7.91. The number of nitriles is 1. The van der Waals surface area contributed by atoms with Gasteiger partial charge >= 0.3 is 5.97 Å². The van der Waals surface area contributed by atoms with Crippen molar-refractivity contribution in [1.29, 1.82) is 5.26 Å². The van der Waals surface area contributed by atoms with E-state index in [0.717, 1.165) is 12.8 Å². The van der Waals surface area contributed by atoms with Gasteiger partial charge in [0, 0.05) is 6.42 Å². The van der Waals surface area contributed by atoms with E-state index in [1.807, 2.05) is 6.07 Å². The quantitative estimate of drug-likeness (QED) is 0.897. The van der Waals surface area contributed by atoms with E-state index in [-0.39, 0.29) is 22.6 Å². The van der Waals surface area contributed by atoms with Crippen LogP contribution in [0.2, 0.25) is 0 Å². The zero-order chi connectivity index (χ0) is 15.0. The molecule has 0 atom stereocenters. The minimum Gasteiger partial charge on any atom is -0.478 e. The van der Waals surface area contributed by atoms with Gasteiger partial charge < -0.3 is 5.11 Å². The van der Waals surface area contributed by atoms with Gasteiger partial charge in [0.1, 0.15) is 0 Å². The second-order valence-corrected chi connectivity index (χ2v) is 7.37. The molecule has 1 aromatic carbocycles. The zero-order valence-electron chi connectivity index (χ0n) is 11.1. The van der Waals surface area contributed by atoms with Gasteiger partial charge in [-0.3, -0.25) is 0 Å². The van der Waals surface area contributed by atoms with E-state index in [9.17, 15) is 13.2 Å². The predicted octanol–water partition coefficient (Wildman–Crippen LogP) is 2.16. The topological polar surface area (TPSA) is 95.2 Å². The number of hydrogen-bond donors (Lipinski definition) is 1. The fourth-order valence-electron chi connectivity index (χ4n) is 2.23. The average Bonchev–Trinajstić information content (AvgIpc) is 3.08. The second-order valence-electron chi connectivity index (χ2n) is 5.38. The molecule has 106 valence electrons. The van der Waals surface area contributed by atoms with Crippen molar-refractivity contribution < 1.29 is 18.3 Å². The minimum absolute atomic E-state index is 0.00351. The maximum Gasteiger partial charge on any atom is 0.335 e. The van der Waals surface area contributed by atoms with Crippen molar-refractivity contribution in [2.45, 2.75) is 31.1 Å². The Morgan fingerprint density at radius 1 is 1.45 bits per heavy atom. The number of rotatable bonds is 5. The van der Waals surface area contributed by atoms with Crippen LogP contribution in [-0.2, 0) is 9.84 Å². The van der Waals surface area contributed by atoms with Gasteiger partial charge in [-0.2, -0.15) is 5.26 Å².